The van der Waals surface area contributed by atoms with Crippen LogP contribution in [-0.2, 0) is 4.79 Å². The van der Waals surface area contributed by atoms with Gasteiger partial charge >= 0.3 is 5.97 Å². The summed E-state index contributed by atoms with van der Waals surface area (Å²) in [5.41, 5.74) is 0. The van der Waals surface area contributed by atoms with Crippen LogP contribution in [0.4, 0.5) is 0 Å². The quantitative estimate of drug-likeness (QED) is 0.763. The second kappa shape index (κ2) is 5.20. The zero-order valence-electron chi connectivity index (χ0n) is 11.1. The summed E-state index contributed by atoms with van der Waals surface area (Å²) >= 11 is 0. The molecule has 3 aliphatic carbocycles. The molecular formula is C15H25NO2. The van der Waals surface area contributed by atoms with Crippen LogP contribution in [0.3, 0.4) is 0 Å². The first kappa shape index (κ1) is 12.5. The van der Waals surface area contributed by atoms with Gasteiger partial charge in [-0.15, -0.1) is 0 Å². The summed E-state index contributed by atoms with van der Waals surface area (Å²) in [5, 5.41) is 12.8. The summed E-state index contributed by atoms with van der Waals surface area (Å²) in [6.45, 7) is 1.15. The van der Waals surface area contributed by atoms with E-state index in [1.165, 1.54) is 32.1 Å². The third kappa shape index (κ3) is 3.05. The number of carboxylic acid groups (broad SMARTS) is 1. The maximum Gasteiger partial charge on any atom is 0.306 e. The van der Waals surface area contributed by atoms with Crippen molar-refractivity contribution in [2.75, 3.05) is 6.54 Å². The van der Waals surface area contributed by atoms with Crippen LogP contribution in [-0.4, -0.2) is 23.7 Å². The highest BCUT2D eigenvalue weighted by molar-refractivity contribution is 5.70. The number of hydrogen-bond donors (Lipinski definition) is 2. The molecule has 3 nitrogen and oxygen atoms in total. The number of carbonyl (C=O) groups is 1. The summed E-state index contributed by atoms with van der Waals surface area (Å²) in [7, 11) is 0. The van der Waals surface area contributed by atoms with Gasteiger partial charge in [0.15, 0.2) is 0 Å². The Morgan fingerprint density at radius 2 is 1.78 bits per heavy atom. The number of rotatable bonds is 6. The third-order valence-corrected chi connectivity index (χ3v) is 5.12. The van der Waals surface area contributed by atoms with Gasteiger partial charge in [-0.1, -0.05) is 6.42 Å². The van der Waals surface area contributed by atoms with Gasteiger partial charge in [-0.25, -0.2) is 0 Å². The Kier molecular flexibility index (Phi) is 3.60. The third-order valence-electron chi connectivity index (χ3n) is 5.12. The lowest BCUT2D eigenvalue weighted by atomic mass is 9.85. The molecule has 3 heteroatoms. The van der Waals surface area contributed by atoms with Gasteiger partial charge in [0.25, 0.3) is 0 Å². The largest absolute Gasteiger partial charge is 0.481 e. The second-order valence-electron chi connectivity index (χ2n) is 6.65. The fourth-order valence-corrected chi connectivity index (χ4v) is 3.67. The van der Waals surface area contributed by atoms with Crippen molar-refractivity contribution >= 4 is 5.97 Å². The fraction of sp³-hybridized carbons (Fsp3) is 0.933. The molecule has 0 aliphatic heterocycles. The molecule has 0 bridgehead atoms. The van der Waals surface area contributed by atoms with E-state index in [9.17, 15) is 4.79 Å². The number of aliphatic carboxylic acids is 1. The van der Waals surface area contributed by atoms with E-state index in [0.717, 1.165) is 43.6 Å². The Morgan fingerprint density at radius 1 is 1.11 bits per heavy atom. The highest BCUT2D eigenvalue weighted by Crippen LogP contribution is 2.48. The maximum atomic E-state index is 11.0. The first-order chi connectivity index (χ1) is 8.74. The van der Waals surface area contributed by atoms with Gasteiger partial charge in [-0.2, -0.15) is 0 Å². The molecule has 0 spiro atoms. The van der Waals surface area contributed by atoms with Crippen LogP contribution >= 0.6 is 0 Å². The van der Waals surface area contributed by atoms with Crippen LogP contribution in [0.2, 0.25) is 0 Å². The monoisotopic (exact) mass is 251 g/mol. The Balaban J connectivity index is 1.45. The van der Waals surface area contributed by atoms with Gasteiger partial charge in [0.05, 0.1) is 5.92 Å². The van der Waals surface area contributed by atoms with Crippen LogP contribution in [0.5, 0.6) is 0 Å². The molecule has 102 valence electrons. The molecule has 0 heterocycles. The zero-order valence-corrected chi connectivity index (χ0v) is 11.1. The molecule has 0 saturated heterocycles. The number of carboxylic acids is 1. The van der Waals surface area contributed by atoms with Crippen LogP contribution in [0.1, 0.15) is 51.4 Å². The number of nitrogens with one attached hydrogen (secondary N) is 1. The van der Waals surface area contributed by atoms with Crippen molar-refractivity contribution in [3.63, 3.8) is 0 Å². The second-order valence-corrected chi connectivity index (χ2v) is 6.65. The SMILES string of the molecule is O=C(O)C1CCCC(NCC(C2CC2)C2CC2)C1. The first-order valence-electron chi connectivity index (χ1n) is 7.70. The minimum Gasteiger partial charge on any atom is -0.481 e. The van der Waals surface area contributed by atoms with Crippen molar-refractivity contribution in [2.24, 2.45) is 23.7 Å². The van der Waals surface area contributed by atoms with Crippen LogP contribution in [0, 0.1) is 23.7 Å². The van der Waals surface area contributed by atoms with E-state index in [1.54, 1.807) is 0 Å². The molecule has 3 fully saturated rings. The van der Waals surface area contributed by atoms with Gasteiger partial charge in [0.1, 0.15) is 0 Å². The van der Waals surface area contributed by atoms with Crippen molar-refractivity contribution in [3.05, 3.63) is 0 Å². The minimum atomic E-state index is -0.595. The minimum absolute atomic E-state index is 0.100. The smallest absolute Gasteiger partial charge is 0.306 e. The number of hydrogen-bond acceptors (Lipinski definition) is 2. The molecule has 0 amide bonds. The molecule has 0 aromatic heterocycles. The molecule has 0 radical (unpaired) electrons. The lowest BCUT2D eigenvalue weighted by Gasteiger charge is -2.29. The normalized spacial score (nSPS) is 32.7. The molecule has 3 aliphatic rings. The molecule has 18 heavy (non-hydrogen) atoms. The van der Waals surface area contributed by atoms with Crippen molar-refractivity contribution in [2.45, 2.75) is 57.4 Å². The van der Waals surface area contributed by atoms with E-state index in [2.05, 4.69) is 5.32 Å². The fourth-order valence-electron chi connectivity index (χ4n) is 3.67. The molecular weight excluding hydrogens is 226 g/mol. The summed E-state index contributed by atoms with van der Waals surface area (Å²) in [5.74, 6) is 2.18. The van der Waals surface area contributed by atoms with E-state index in [0.29, 0.717) is 6.04 Å². The average molecular weight is 251 g/mol. The molecule has 2 atom stereocenters. The van der Waals surface area contributed by atoms with Crippen molar-refractivity contribution in [1.29, 1.82) is 0 Å². The van der Waals surface area contributed by atoms with Gasteiger partial charge in [-0.3, -0.25) is 4.79 Å². The van der Waals surface area contributed by atoms with Crippen LogP contribution in [0.25, 0.3) is 0 Å². The van der Waals surface area contributed by atoms with E-state index in [-0.39, 0.29) is 5.92 Å². The van der Waals surface area contributed by atoms with Gasteiger partial charge in [-0.05, 0) is 69.2 Å². The molecule has 0 aromatic rings. The van der Waals surface area contributed by atoms with Crippen molar-refractivity contribution in [3.8, 4) is 0 Å². The Morgan fingerprint density at radius 3 is 2.33 bits per heavy atom. The predicted octanol–water partition coefficient (Wildman–Crippen LogP) is 2.66. The van der Waals surface area contributed by atoms with Crippen LogP contribution in [0.15, 0.2) is 0 Å². The van der Waals surface area contributed by atoms with Gasteiger partial charge in [0, 0.05) is 6.04 Å². The van der Waals surface area contributed by atoms with E-state index in [4.69, 9.17) is 5.11 Å². The van der Waals surface area contributed by atoms with E-state index >= 15 is 0 Å². The summed E-state index contributed by atoms with van der Waals surface area (Å²) in [4.78, 5) is 11.0. The summed E-state index contributed by atoms with van der Waals surface area (Å²) in [6, 6.07) is 0.458. The molecule has 3 saturated carbocycles. The lowest BCUT2D eigenvalue weighted by Crippen LogP contribution is -2.39. The lowest BCUT2D eigenvalue weighted by molar-refractivity contribution is -0.143. The van der Waals surface area contributed by atoms with Crippen molar-refractivity contribution in [1.82, 2.24) is 5.32 Å². The Hall–Kier alpha value is -0.570. The van der Waals surface area contributed by atoms with E-state index in [1.807, 2.05) is 0 Å². The van der Waals surface area contributed by atoms with Gasteiger partial charge < -0.3 is 10.4 Å². The standard InChI is InChI=1S/C15H25NO2/c17-15(18)12-2-1-3-13(8-12)16-9-14(10-4-5-10)11-6-7-11/h10-14,16H,1-9H2,(H,17,18). The van der Waals surface area contributed by atoms with E-state index < -0.39 is 5.97 Å². The van der Waals surface area contributed by atoms with Crippen LogP contribution < -0.4 is 5.32 Å². The zero-order chi connectivity index (χ0) is 12.5. The van der Waals surface area contributed by atoms with Gasteiger partial charge in [0.2, 0.25) is 0 Å². The first-order valence-corrected chi connectivity index (χ1v) is 7.70. The van der Waals surface area contributed by atoms with Crippen molar-refractivity contribution < 1.29 is 9.90 Å². The molecule has 2 N–H and O–H groups in total. The molecule has 0 aromatic carbocycles. The summed E-state index contributed by atoms with van der Waals surface area (Å²) < 4.78 is 0. The topological polar surface area (TPSA) is 49.3 Å². The molecule has 3 rings (SSSR count). The molecule has 2 unspecified atom stereocenters. The average Bonchev–Trinajstić information content (AvgIpc) is 3.23. The highest BCUT2D eigenvalue weighted by Gasteiger charge is 2.41. The Labute approximate surface area is 109 Å². The predicted molar refractivity (Wildman–Crippen MR) is 70.3 cm³/mol. The Bertz CT molecular complexity index is 298. The maximum absolute atomic E-state index is 11.0. The highest BCUT2D eigenvalue weighted by atomic mass is 16.4. The summed E-state index contributed by atoms with van der Waals surface area (Å²) in [6.07, 6.45) is 9.71.